The Bertz CT molecular complexity index is 997. The number of aryl methyl sites for hydroxylation is 1. The molecule has 26 heavy (non-hydrogen) atoms. The molecule has 0 unspecified atom stereocenters. The first-order valence-corrected chi connectivity index (χ1v) is 8.91. The Morgan fingerprint density at radius 3 is 2.65 bits per heavy atom. The Balaban J connectivity index is 2.02. The summed E-state index contributed by atoms with van der Waals surface area (Å²) in [7, 11) is 2.07. The van der Waals surface area contributed by atoms with Gasteiger partial charge in [0, 0.05) is 29.6 Å². The van der Waals surface area contributed by atoms with Gasteiger partial charge in [-0.25, -0.2) is 15.0 Å². The van der Waals surface area contributed by atoms with Crippen LogP contribution in [0.1, 0.15) is 30.4 Å². The molecule has 0 radical (unpaired) electrons. The summed E-state index contributed by atoms with van der Waals surface area (Å²) in [6.07, 6.45) is 5.07. The molecule has 1 aromatic carbocycles. The van der Waals surface area contributed by atoms with Gasteiger partial charge in [-0.2, -0.15) is 0 Å². The average Bonchev–Trinajstić information content (AvgIpc) is 2.57. The minimum Gasteiger partial charge on any atom is -0.508 e. The van der Waals surface area contributed by atoms with Crippen molar-refractivity contribution in [1.82, 2.24) is 15.0 Å². The zero-order chi connectivity index (χ0) is 18.4. The van der Waals surface area contributed by atoms with E-state index in [0.717, 1.165) is 33.6 Å². The third-order valence-corrected chi connectivity index (χ3v) is 5.50. The van der Waals surface area contributed by atoms with E-state index in [0.29, 0.717) is 17.4 Å². The second-order valence-corrected chi connectivity index (χ2v) is 7.08. The summed E-state index contributed by atoms with van der Waals surface area (Å²) in [6, 6.07) is 6.09. The maximum atomic E-state index is 10.2. The summed E-state index contributed by atoms with van der Waals surface area (Å²) in [6.45, 7) is 3.92. The van der Waals surface area contributed by atoms with Crippen LogP contribution in [0.2, 0.25) is 0 Å². The first kappa shape index (κ1) is 16.6. The number of aromatic hydroxyl groups is 1. The lowest BCUT2D eigenvalue weighted by atomic mass is 9.91. The number of nitrogen functional groups attached to an aromatic ring is 1. The normalized spacial score (nSPS) is 14.4. The van der Waals surface area contributed by atoms with Crippen LogP contribution in [-0.2, 0) is 0 Å². The fourth-order valence-electron chi connectivity index (χ4n) is 3.59. The largest absolute Gasteiger partial charge is 0.508 e. The number of phenols is 1. The van der Waals surface area contributed by atoms with E-state index in [-0.39, 0.29) is 5.75 Å². The number of hydrogen-bond donors (Lipinski definition) is 2. The van der Waals surface area contributed by atoms with E-state index in [1.54, 1.807) is 6.07 Å². The standard InChI is InChI=1S/C20H23N5O/c1-11-7-8-15(26)12(2)17(11)19-18-14(20(21)23-10-22-18)9-16(24-19)25(3)13-5-4-6-13/h7-10,13,26H,4-6H2,1-3H3,(H2,21,22,23). The molecule has 2 heterocycles. The van der Waals surface area contributed by atoms with E-state index in [4.69, 9.17) is 10.7 Å². The molecule has 6 heteroatoms. The van der Waals surface area contributed by atoms with Gasteiger partial charge >= 0.3 is 0 Å². The second kappa shape index (κ2) is 6.12. The summed E-state index contributed by atoms with van der Waals surface area (Å²) in [4.78, 5) is 15.8. The fraction of sp³-hybridized carbons (Fsp3) is 0.350. The molecule has 3 N–H and O–H groups in total. The molecule has 0 saturated heterocycles. The lowest BCUT2D eigenvalue weighted by Crippen LogP contribution is -2.37. The maximum absolute atomic E-state index is 10.2. The molecule has 1 saturated carbocycles. The van der Waals surface area contributed by atoms with Crippen molar-refractivity contribution < 1.29 is 5.11 Å². The van der Waals surface area contributed by atoms with Crippen LogP contribution in [0.3, 0.4) is 0 Å². The van der Waals surface area contributed by atoms with E-state index >= 15 is 0 Å². The quantitative estimate of drug-likeness (QED) is 0.751. The molecule has 2 aromatic heterocycles. The van der Waals surface area contributed by atoms with Crippen LogP contribution in [0.25, 0.3) is 22.2 Å². The van der Waals surface area contributed by atoms with Gasteiger partial charge in [0.1, 0.15) is 29.2 Å². The van der Waals surface area contributed by atoms with Crippen molar-refractivity contribution in [2.24, 2.45) is 0 Å². The molecular weight excluding hydrogens is 326 g/mol. The molecule has 0 bridgehead atoms. The fourth-order valence-corrected chi connectivity index (χ4v) is 3.59. The number of aromatic nitrogens is 3. The first-order valence-electron chi connectivity index (χ1n) is 8.91. The van der Waals surface area contributed by atoms with Crippen molar-refractivity contribution in [1.29, 1.82) is 0 Å². The smallest absolute Gasteiger partial charge is 0.134 e. The van der Waals surface area contributed by atoms with E-state index in [1.165, 1.54) is 25.6 Å². The monoisotopic (exact) mass is 349 g/mol. The van der Waals surface area contributed by atoms with Crippen molar-refractivity contribution in [2.75, 3.05) is 17.7 Å². The minimum atomic E-state index is 0.250. The van der Waals surface area contributed by atoms with Crippen molar-refractivity contribution in [3.63, 3.8) is 0 Å². The summed E-state index contributed by atoms with van der Waals surface area (Å²) < 4.78 is 0. The molecule has 1 aliphatic rings. The minimum absolute atomic E-state index is 0.250. The highest BCUT2D eigenvalue weighted by Crippen LogP contribution is 2.38. The maximum Gasteiger partial charge on any atom is 0.134 e. The lowest BCUT2D eigenvalue weighted by Gasteiger charge is -2.36. The predicted octanol–water partition coefficient (Wildman–Crippen LogP) is 3.59. The summed E-state index contributed by atoms with van der Waals surface area (Å²) >= 11 is 0. The zero-order valence-corrected chi connectivity index (χ0v) is 15.3. The van der Waals surface area contributed by atoms with Crippen LogP contribution in [0.4, 0.5) is 11.6 Å². The SMILES string of the molecule is Cc1ccc(O)c(C)c1-c1nc(N(C)C2CCC2)cc2c(N)ncnc12. The molecule has 1 aliphatic carbocycles. The average molecular weight is 349 g/mol. The number of pyridine rings is 1. The van der Waals surface area contributed by atoms with Crippen molar-refractivity contribution in [2.45, 2.75) is 39.2 Å². The summed E-state index contributed by atoms with van der Waals surface area (Å²) in [5, 5.41) is 11.0. The molecule has 0 spiro atoms. The van der Waals surface area contributed by atoms with Crippen LogP contribution >= 0.6 is 0 Å². The second-order valence-electron chi connectivity index (χ2n) is 7.08. The number of nitrogens with zero attached hydrogens (tertiary/aromatic N) is 4. The van der Waals surface area contributed by atoms with Gasteiger partial charge in [-0.15, -0.1) is 0 Å². The Morgan fingerprint density at radius 2 is 1.96 bits per heavy atom. The number of fused-ring (bicyclic) bond motifs is 1. The van der Waals surface area contributed by atoms with Gasteiger partial charge < -0.3 is 15.7 Å². The topological polar surface area (TPSA) is 88.2 Å². The Labute approximate surface area is 152 Å². The number of nitrogens with two attached hydrogens (primary N) is 1. The van der Waals surface area contributed by atoms with E-state index < -0.39 is 0 Å². The van der Waals surface area contributed by atoms with Gasteiger partial charge in [-0.3, -0.25) is 0 Å². The zero-order valence-electron chi connectivity index (χ0n) is 15.3. The van der Waals surface area contributed by atoms with Crippen LogP contribution in [0.15, 0.2) is 24.5 Å². The number of rotatable bonds is 3. The third-order valence-electron chi connectivity index (χ3n) is 5.50. The van der Waals surface area contributed by atoms with Gasteiger partial charge in [0.2, 0.25) is 0 Å². The summed E-state index contributed by atoms with van der Waals surface area (Å²) in [5.41, 5.74) is 10.3. The molecular formula is C20H23N5O. The number of anilines is 2. The number of benzene rings is 1. The molecule has 1 fully saturated rings. The van der Waals surface area contributed by atoms with Crippen molar-refractivity contribution in [3.8, 4) is 17.0 Å². The third kappa shape index (κ3) is 2.53. The van der Waals surface area contributed by atoms with Gasteiger partial charge in [0.15, 0.2) is 0 Å². The van der Waals surface area contributed by atoms with Gasteiger partial charge in [0.05, 0.1) is 5.69 Å². The molecule has 3 aromatic rings. The van der Waals surface area contributed by atoms with Gasteiger partial charge in [-0.05, 0) is 50.8 Å². The number of hydrogen-bond acceptors (Lipinski definition) is 6. The lowest BCUT2D eigenvalue weighted by molar-refractivity contribution is 0.399. The van der Waals surface area contributed by atoms with E-state index in [2.05, 4.69) is 21.9 Å². The molecule has 4 rings (SSSR count). The van der Waals surface area contributed by atoms with Gasteiger partial charge in [-0.1, -0.05) is 6.07 Å². The predicted molar refractivity (Wildman–Crippen MR) is 104 cm³/mol. The molecule has 0 aliphatic heterocycles. The van der Waals surface area contributed by atoms with Crippen LogP contribution in [0.5, 0.6) is 5.75 Å². The first-order chi connectivity index (χ1) is 12.5. The van der Waals surface area contributed by atoms with E-state index in [1.807, 2.05) is 26.0 Å². The van der Waals surface area contributed by atoms with Crippen LogP contribution in [-0.4, -0.2) is 33.1 Å². The van der Waals surface area contributed by atoms with Crippen molar-refractivity contribution >= 4 is 22.5 Å². The highest BCUT2D eigenvalue weighted by molar-refractivity contribution is 5.99. The Hall–Kier alpha value is -2.89. The molecule has 134 valence electrons. The highest BCUT2D eigenvalue weighted by Gasteiger charge is 2.25. The highest BCUT2D eigenvalue weighted by atomic mass is 16.3. The Morgan fingerprint density at radius 1 is 1.19 bits per heavy atom. The molecule has 0 atom stereocenters. The van der Waals surface area contributed by atoms with E-state index in [9.17, 15) is 5.11 Å². The van der Waals surface area contributed by atoms with Gasteiger partial charge in [0.25, 0.3) is 0 Å². The van der Waals surface area contributed by atoms with Crippen LogP contribution < -0.4 is 10.6 Å². The Kier molecular flexibility index (Phi) is 3.90. The molecule has 0 amide bonds. The van der Waals surface area contributed by atoms with Crippen LogP contribution in [0, 0.1) is 13.8 Å². The molecule has 6 nitrogen and oxygen atoms in total. The number of phenolic OH excluding ortho intramolecular Hbond substituents is 1. The van der Waals surface area contributed by atoms with Crippen molar-refractivity contribution in [3.05, 3.63) is 35.7 Å². The summed E-state index contributed by atoms with van der Waals surface area (Å²) in [5.74, 6) is 1.55.